The summed E-state index contributed by atoms with van der Waals surface area (Å²) in [6.07, 6.45) is 2.21. The molecule has 0 N–H and O–H groups in total. The molecule has 0 bridgehead atoms. The first-order chi connectivity index (χ1) is 11.0. The lowest BCUT2D eigenvalue weighted by Gasteiger charge is -2.45. The molecule has 0 aliphatic carbocycles. The van der Waals surface area contributed by atoms with Crippen LogP contribution in [0.4, 0.5) is 5.69 Å². The monoisotopic (exact) mass is 309 g/mol. The van der Waals surface area contributed by atoms with Crippen LogP contribution < -0.4 is 4.90 Å². The summed E-state index contributed by atoms with van der Waals surface area (Å²) in [5.74, 6) is 0. The topological polar surface area (TPSA) is 3.24 Å². The molecule has 0 unspecified atom stereocenters. The van der Waals surface area contributed by atoms with E-state index >= 15 is 0 Å². The summed E-state index contributed by atoms with van der Waals surface area (Å²) in [5.41, 5.74) is 6.87. The normalized spacial score (nSPS) is 11.6. The zero-order valence-corrected chi connectivity index (χ0v) is 15.6. The lowest BCUT2D eigenvalue weighted by Crippen LogP contribution is -2.46. The Morgan fingerprint density at radius 2 is 1.35 bits per heavy atom. The molecule has 0 aliphatic heterocycles. The van der Waals surface area contributed by atoms with E-state index < -0.39 is 0 Å². The van der Waals surface area contributed by atoms with Gasteiger partial charge in [-0.2, -0.15) is 0 Å². The number of aryl methyl sites for hydroxylation is 3. The van der Waals surface area contributed by atoms with Crippen LogP contribution in [-0.4, -0.2) is 6.54 Å². The van der Waals surface area contributed by atoms with Crippen molar-refractivity contribution in [1.29, 1.82) is 0 Å². The molecular weight excluding hydrogens is 278 g/mol. The molecule has 23 heavy (non-hydrogen) atoms. The summed E-state index contributed by atoms with van der Waals surface area (Å²) >= 11 is 0. The van der Waals surface area contributed by atoms with Gasteiger partial charge in [-0.05, 0) is 57.7 Å². The first-order valence-corrected chi connectivity index (χ1v) is 8.90. The summed E-state index contributed by atoms with van der Waals surface area (Å²) in [6, 6.07) is 15.9. The Morgan fingerprint density at radius 3 is 1.83 bits per heavy atom. The highest BCUT2D eigenvalue weighted by molar-refractivity contribution is 5.58. The molecule has 0 saturated carbocycles. The van der Waals surface area contributed by atoms with Crippen LogP contribution in [0.5, 0.6) is 0 Å². The predicted molar refractivity (Wildman–Crippen MR) is 102 cm³/mol. The first kappa shape index (κ1) is 17.6. The Bertz CT molecular complexity index is 636. The smallest absolute Gasteiger partial charge is 0.0648 e. The molecule has 2 rings (SSSR count). The molecule has 0 atom stereocenters. The Balaban J connectivity index is 2.58. The van der Waals surface area contributed by atoms with Crippen molar-refractivity contribution in [3.63, 3.8) is 0 Å². The van der Waals surface area contributed by atoms with Crippen molar-refractivity contribution in [3.8, 4) is 0 Å². The van der Waals surface area contributed by atoms with E-state index in [9.17, 15) is 0 Å². The van der Waals surface area contributed by atoms with Gasteiger partial charge in [0.2, 0.25) is 0 Å². The summed E-state index contributed by atoms with van der Waals surface area (Å²) in [6.45, 7) is 14.5. The molecule has 2 aromatic rings. The van der Waals surface area contributed by atoms with Gasteiger partial charge in [0, 0.05) is 12.2 Å². The number of hydrogen-bond acceptors (Lipinski definition) is 1. The molecule has 0 amide bonds. The maximum absolute atomic E-state index is 2.60. The number of anilines is 1. The second kappa shape index (κ2) is 7.21. The van der Waals surface area contributed by atoms with Crippen molar-refractivity contribution in [2.75, 3.05) is 11.4 Å². The molecule has 1 nitrogen and oxygen atoms in total. The third-order valence-corrected chi connectivity index (χ3v) is 5.23. The highest BCUT2D eigenvalue weighted by Crippen LogP contribution is 2.40. The average Bonchev–Trinajstić information content (AvgIpc) is 2.55. The zero-order valence-electron chi connectivity index (χ0n) is 15.6. The quantitative estimate of drug-likeness (QED) is 0.618. The molecule has 0 spiro atoms. The van der Waals surface area contributed by atoms with Gasteiger partial charge in [0.1, 0.15) is 0 Å². The number of hydrogen-bond donors (Lipinski definition) is 0. The molecule has 0 saturated heterocycles. The van der Waals surface area contributed by atoms with E-state index in [1.165, 1.54) is 27.9 Å². The largest absolute Gasteiger partial charge is 0.362 e. The van der Waals surface area contributed by atoms with Crippen molar-refractivity contribution < 1.29 is 0 Å². The highest BCUT2D eigenvalue weighted by Gasteiger charge is 2.35. The molecule has 1 heteroatoms. The third kappa shape index (κ3) is 3.29. The first-order valence-electron chi connectivity index (χ1n) is 8.90. The molecule has 124 valence electrons. The van der Waals surface area contributed by atoms with E-state index in [4.69, 9.17) is 0 Å². The van der Waals surface area contributed by atoms with Crippen LogP contribution in [0.3, 0.4) is 0 Å². The number of nitrogens with zero attached hydrogens (tertiary/aromatic N) is 1. The standard InChI is InChI=1S/C22H31N/c1-7-22(8-2,20-13-10-17(4)11-14-20)23(9-3)21-15-12-18(5)16-19(21)6/h10-16H,7-9H2,1-6H3. The SMILES string of the molecule is CCN(c1ccc(C)cc1C)C(CC)(CC)c1ccc(C)cc1. The summed E-state index contributed by atoms with van der Waals surface area (Å²) in [7, 11) is 0. The number of rotatable bonds is 6. The van der Waals surface area contributed by atoms with Crippen molar-refractivity contribution >= 4 is 5.69 Å². The minimum atomic E-state index is 0.0580. The van der Waals surface area contributed by atoms with E-state index in [1.54, 1.807) is 0 Å². The lowest BCUT2D eigenvalue weighted by molar-refractivity contribution is 0.374. The summed E-state index contributed by atoms with van der Waals surface area (Å²) in [4.78, 5) is 2.60. The van der Waals surface area contributed by atoms with Crippen molar-refractivity contribution in [3.05, 3.63) is 64.7 Å². The fourth-order valence-corrected chi connectivity index (χ4v) is 3.87. The maximum Gasteiger partial charge on any atom is 0.0648 e. The Kier molecular flexibility index (Phi) is 5.51. The predicted octanol–water partition coefficient (Wildman–Crippen LogP) is 6.15. The zero-order chi connectivity index (χ0) is 17.0. The fourth-order valence-electron chi connectivity index (χ4n) is 3.87. The van der Waals surface area contributed by atoms with Gasteiger partial charge in [-0.15, -0.1) is 0 Å². The molecule has 0 heterocycles. The van der Waals surface area contributed by atoms with E-state index in [2.05, 4.69) is 88.9 Å². The van der Waals surface area contributed by atoms with Crippen LogP contribution in [0.1, 0.15) is 55.9 Å². The highest BCUT2D eigenvalue weighted by atomic mass is 15.2. The Hall–Kier alpha value is -1.76. The van der Waals surface area contributed by atoms with Gasteiger partial charge in [-0.1, -0.05) is 61.4 Å². The van der Waals surface area contributed by atoms with Gasteiger partial charge in [-0.25, -0.2) is 0 Å². The van der Waals surface area contributed by atoms with Crippen LogP contribution in [-0.2, 0) is 5.54 Å². The Labute approximate surface area is 142 Å². The van der Waals surface area contributed by atoms with Crippen molar-refractivity contribution in [2.24, 2.45) is 0 Å². The van der Waals surface area contributed by atoms with E-state index in [1.807, 2.05) is 0 Å². The van der Waals surface area contributed by atoms with Crippen molar-refractivity contribution in [1.82, 2.24) is 0 Å². The molecule has 0 fully saturated rings. The Morgan fingerprint density at radius 1 is 0.783 bits per heavy atom. The van der Waals surface area contributed by atoms with Crippen LogP contribution in [0.25, 0.3) is 0 Å². The maximum atomic E-state index is 2.60. The van der Waals surface area contributed by atoms with Gasteiger partial charge in [0.05, 0.1) is 5.54 Å². The van der Waals surface area contributed by atoms with Crippen LogP contribution in [0.15, 0.2) is 42.5 Å². The second-order valence-electron chi connectivity index (χ2n) is 6.64. The third-order valence-electron chi connectivity index (χ3n) is 5.23. The van der Waals surface area contributed by atoms with Gasteiger partial charge < -0.3 is 4.90 Å². The van der Waals surface area contributed by atoms with Gasteiger partial charge in [0.15, 0.2) is 0 Å². The average molecular weight is 309 g/mol. The molecule has 0 aromatic heterocycles. The summed E-state index contributed by atoms with van der Waals surface area (Å²) < 4.78 is 0. The van der Waals surface area contributed by atoms with Gasteiger partial charge in [-0.3, -0.25) is 0 Å². The summed E-state index contributed by atoms with van der Waals surface area (Å²) in [5, 5.41) is 0. The number of benzene rings is 2. The van der Waals surface area contributed by atoms with Crippen LogP contribution >= 0.6 is 0 Å². The molecule has 0 radical (unpaired) electrons. The minimum absolute atomic E-state index is 0.0580. The van der Waals surface area contributed by atoms with Crippen LogP contribution in [0, 0.1) is 20.8 Å². The van der Waals surface area contributed by atoms with Gasteiger partial charge in [0.25, 0.3) is 0 Å². The van der Waals surface area contributed by atoms with Crippen molar-refractivity contribution in [2.45, 2.75) is 59.9 Å². The minimum Gasteiger partial charge on any atom is -0.362 e. The van der Waals surface area contributed by atoms with E-state index in [-0.39, 0.29) is 5.54 Å². The molecule has 0 aliphatic rings. The fraction of sp³-hybridized carbons (Fsp3) is 0.455. The van der Waals surface area contributed by atoms with E-state index in [0.717, 1.165) is 19.4 Å². The van der Waals surface area contributed by atoms with Crippen LogP contribution in [0.2, 0.25) is 0 Å². The second-order valence-corrected chi connectivity index (χ2v) is 6.64. The van der Waals surface area contributed by atoms with E-state index in [0.29, 0.717) is 0 Å². The molecule has 2 aromatic carbocycles. The lowest BCUT2D eigenvalue weighted by atomic mass is 9.81. The van der Waals surface area contributed by atoms with Gasteiger partial charge >= 0.3 is 0 Å². The molecular formula is C22H31N.